The molecule has 0 bridgehead atoms. The van der Waals surface area contributed by atoms with Crippen LogP contribution in [0.1, 0.15) is 5.69 Å². The Morgan fingerprint density at radius 2 is 1.83 bits per heavy atom. The molecule has 23 heavy (non-hydrogen) atoms. The molecule has 0 radical (unpaired) electrons. The molecular weight excluding hydrogens is 311 g/mol. The molecule has 0 aliphatic carbocycles. The van der Waals surface area contributed by atoms with Crippen LogP contribution in [0.15, 0.2) is 30.6 Å². The fourth-order valence-electron chi connectivity index (χ4n) is 2.24. The largest absolute Gasteiger partial charge is 0.573 e. The first-order chi connectivity index (χ1) is 10.8. The van der Waals surface area contributed by atoms with Crippen molar-refractivity contribution in [3.8, 4) is 5.75 Å². The zero-order valence-electron chi connectivity index (χ0n) is 12.2. The highest BCUT2D eigenvalue weighted by atomic mass is 19.4. The van der Waals surface area contributed by atoms with Gasteiger partial charge in [0.05, 0.1) is 5.69 Å². The number of alkyl halides is 3. The molecule has 1 aromatic carbocycles. The second kappa shape index (κ2) is 5.41. The van der Waals surface area contributed by atoms with E-state index >= 15 is 0 Å². The van der Waals surface area contributed by atoms with Crippen molar-refractivity contribution in [2.24, 2.45) is 7.05 Å². The number of halogens is 3. The number of ether oxygens (including phenoxy) is 1. The summed E-state index contributed by atoms with van der Waals surface area (Å²) in [6.07, 6.45) is -3.31. The summed E-state index contributed by atoms with van der Waals surface area (Å²) in [7, 11) is 1.77. The zero-order chi connectivity index (χ0) is 16.6. The predicted molar refractivity (Wildman–Crippen MR) is 77.4 cm³/mol. The van der Waals surface area contributed by atoms with Crippen molar-refractivity contribution in [3.63, 3.8) is 0 Å². The first-order valence-electron chi connectivity index (χ1n) is 6.60. The fourth-order valence-corrected chi connectivity index (χ4v) is 2.24. The highest BCUT2D eigenvalue weighted by Gasteiger charge is 2.30. The molecule has 0 unspecified atom stereocenters. The smallest absolute Gasteiger partial charge is 0.406 e. The molecule has 0 aliphatic rings. The molecule has 0 atom stereocenters. The summed E-state index contributed by atoms with van der Waals surface area (Å²) in [5.74, 6) is 0.231. The molecule has 3 aromatic rings. The molecule has 9 heteroatoms. The van der Waals surface area contributed by atoms with E-state index in [1.807, 2.05) is 6.92 Å². The van der Waals surface area contributed by atoms with Crippen LogP contribution in [-0.2, 0) is 7.05 Å². The van der Waals surface area contributed by atoms with Gasteiger partial charge < -0.3 is 10.1 Å². The Balaban J connectivity index is 1.88. The molecular formula is C14H12F3N5O. The summed E-state index contributed by atoms with van der Waals surface area (Å²) in [5.41, 5.74) is 2.75. The minimum atomic E-state index is -4.71. The van der Waals surface area contributed by atoms with Crippen LogP contribution in [0.25, 0.3) is 11.0 Å². The second-order valence-electron chi connectivity index (χ2n) is 4.83. The van der Waals surface area contributed by atoms with Crippen LogP contribution in [0.4, 0.5) is 24.7 Å². The summed E-state index contributed by atoms with van der Waals surface area (Å²) in [4.78, 5) is 8.34. The van der Waals surface area contributed by atoms with Gasteiger partial charge in [0.2, 0.25) is 0 Å². The molecule has 2 aromatic heterocycles. The number of benzene rings is 1. The van der Waals surface area contributed by atoms with Gasteiger partial charge in [-0.2, -0.15) is 5.10 Å². The van der Waals surface area contributed by atoms with Crippen LogP contribution in [0.5, 0.6) is 5.75 Å². The van der Waals surface area contributed by atoms with E-state index in [-0.39, 0.29) is 5.75 Å². The zero-order valence-corrected chi connectivity index (χ0v) is 12.2. The molecule has 1 N–H and O–H groups in total. The van der Waals surface area contributed by atoms with E-state index in [1.54, 1.807) is 11.7 Å². The number of hydrogen-bond acceptors (Lipinski definition) is 5. The molecule has 3 rings (SSSR count). The third kappa shape index (κ3) is 3.17. The van der Waals surface area contributed by atoms with Gasteiger partial charge in [0, 0.05) is 12.7 Å². The van der Waals surface area contributed by atoms with Gasteiger partial charge >= 0.3 is 6.36 Å². The predicted octanol–water partition coefficient (Wildman–Crippen LogP) is 3.31. The van der Waals surface area contributed by atoms with Gasteiger partial charge in [-0.05, 0) is 31.2 Å². The summed E-state index contributed by atoms with van der Waals surface area (Å²) < 4.78 is 41.9. The van der Waals surface area contributed by atoms with Gasteiger partial charge in [0.25, 0.3) is 0 Å². The van der Waals surface area contributed by atoms with E-state index in [0.717, 1.165) is 5.69 Å². The molecule has 120 valence electrons. The first kappa shape index (κ1) is 15.1. The van der Waals surface area contributed by atoms with Gasteiger partial charge in [0.1, 0.15) is 23.1 Å². The average molecular weight is 323 g/mol. The minimum Gasteiger partial charge on any atom is -0.406 e. The number of rotatable bonds is 3. The maximum atomic E-state index is 12.1. The number of fused-ring (bicyclic) bond motifs is 1. The molecule has 0 saturated carbocycles. The molecule has 2 heterocycles. The van der Waals surface area contributed by atoms with E-state index in [9.17, 15) is 13.2 Å². The lowest BCUT2D eigenvalue weighted by Crippen LogP contribution is -2.16. The Hall–Kier alpha value is -2.84. The highest BCUT2D eigenvalue weighted by molar-refractivity contribution is 5.88. The Bertz CT molecular complexity index is 842. The lowest BCUT2D eigenvalue weighted by Gasteiger charge is -2.10. The molecule has 0 saturated heterocycles. The molecule has 0 aliphatic heterocycles. The van der Waals surface area contributed by atoms with Gasteiger partial charge in [0.15, 0.2) is 5.82 Å². The number of aromatic nitrogens is 4. The number of hydrogen-bond donors (Lipinski definition) is 1. The third-order valence-electron chi connectivity index (χ3n) is 3.14. The maximum Gasteiger partial charge on any atom is 0.573 e. The summed E-state index contributed by atoms with van der Waals surface area (Å²) >= 11 is 0. The summed E-state index contributed by atoms with van der Waals surface area (Å²) in [6.45, 7) is 1.84. The van der Waals surface area contributed by atoms with Crippen molar-refractivity contribution >= 4 is 22.5 Å². The Morgan fingerprint density at radius 3 is 2.48 bits per heavy atom. The number of anilines is 2. The van der Waals surface area contributed by atoms with Crippen molar-refractivity contribution in [1.82, 2.24) is 19.7 Å². The number of nitrogens with one attached hydrogen (secondary N) is 1. The summed E-state index contributed by atoms with van der Waals surface area (Å²) in [6, 6.07) is 5.39. The number of aryl methyl sites for hydroxylation is 2. The normalized spacial score (nSPS) is 11.7. The van der Waals surface area contributed by atoms with E-state index in [4.69, 9.17) is 0 Å². The average Bonchev–Trinajstić information content (AvgIpc) is 2.76. The maximum absolute atomic E-state index is 12.1. The Kier molecular flexibility index (Phi) is 3.55. The van der Waals surface area contributed by atoms with Crippen LogP contribution in [0.3, 0.4) is 0 Å². The third-order valence-corrected chi connectivity index (χ3v) is 3.14. The summed E-state index contributed by atoms with van der Waals surface area (Å²) in [5, 5.41) is 7.32. The topological polar surface area (TPSA) is 64.9 Å². The molecule has 0 fully saturated rings. The first-order valence-corrected chi connectivity index (χ1v) is 6.60. The van der Waals surface area contributed by atoms with Crippen LogP contribution in [0.2, 0.25) is 0 Å². The van der Waals surface area contributed by atoms with Gasteiger partial charge in [-0.15, -0.1) is 13.2 Å². The monoisotopic (exact) mass is 323 g/mol. The molecule has 6 nitrogen and oxygen atoms in total. The lowest BCUT2D eigenvalue weighted by molar-refractivity contribution is -0.274. The van der Waals surface area contributed by atoms with Crippen LogP contribution in [0, 0.1) is 6.92 Å². The van der Waals surface area contributed by atoms with Gasteiger partial charge in [-0.3, -0.25) is 4.68 Å². The molecule has 0 amide bonds. The van der Waals surface area contributed by atoms with E-state index in [2.05, 4.69) is 25.1 Å². The molecule has 0 spiro atoms. The Labute approximate surface area is 128 Å². The van der Waals surface area contributed by atoms with Crippen molar-refractivity contribution < 1.29 is 17.9 Å². The SMILES string of the molecule is Cc1nn(C)c2c(Nc3ccc(OC(F)(F)F)cc3)ncnc12. The van der Waals surface area contributed by atoms with E-state index in [0.29, 0.717) is 22.5 Å². The lowest BCUT2D eigenvalue weighted by atomic mass is 10.3. The van der Waals surface area contributed by atoms with Gasteiger partial charge in [-0.25, -0.2) is 9.97 Å². The van der Waals surface area contributed by atoms with Crippen molar-refractivity contribution in [3.05, 3.63) is 36.3 Å². The second-order valence-corrected chi connectivity index (χ2v) is 4.83. The van der Waals surface area contributed by atoms with Gasteiger partial charge in [-0.1, -0.05) is 0 Å². The highest BCUT2D eigenvalue weighted by Crippen LogP contribution is 2.27. The van der Waals surface area contributed by atoms with E-state index in [1.165, 1.54) is 30.6 Å². The minimum absolute atomic E-state index is 0.285. The van der Waals surface area contributed by atoms with E-state index < -0.39 is 6.36 Å². The van der Waals surface area contributed by atoms with Crippen molar-refractivity contribution in [1.29, 1.82) is 0 Å². The number of nitrogens with zero attached hydrogens (tertiary/aromatic N) is 4. The van der Waals surface area contributed by atoms with Crippen molar-refractivity contribution in [2.75, 3.05) is 5.32 Å². The fraction of sp³-hybridized carbons (Fsp3) is 0.214. The quantitative estimate of drug-likeness (QED) is 0.801. The Morgan fingerprint density at radius 1 is 1.13 bits per heavy atom. The van der Waals surface area contributed by atoms with Crippen LogP contribution < -0.4 is 10.1 Å². The standard InChI is InChI=1S/C14H12F3N5O/c1-8-11-12(22(2)21-8)13(19-7-18-11)20-9-3-5-10(6-4-9)23-14(15,16)17/h3-7H,1-2H3,(H,18,19,20). The van der Waals surface area contributed by atoms with Crippen LogP contribution in [-0.4, -0.2) is 26.1 Å². The van der Waals surface area contributed by atoms with Crippen LogP contribution >= 0.6 is 0 Å². The van der Waals surface area contributed by atoms with Crippen molar-refractivity contribution in [2.45, 2.75) is 13.3 Å².